The van der Waals surface area contributed by atoms with Gasteiger partial charge in [0, 0.05) is 17.3 Å². The van der Waals surface area contributed by atoms with Gasteiger partial charge in [0.1, 0.15) is 0 Å². The van der Waals surface area contributed by atoms with Crippen LogP contribution in [0.15, 0.2) is 36.5 Å². The van der Waals surface area contributed by atoms with E-state index >= 15 is 0 Å². The quantitative estimate of drug-likeness (QED) is 0.657. The maximum Gasteiger partial charge on any atom is 0.215 e. The molecule has 17 heavy (non-hydrogen) atoms. The number of rotatable bonds is 1. The van der Waals surface area contributed by atoms with Crippen LogP contribution < -0.4 is 0 Å². The summed E-state index contributed by atoms with van der Waals surface area (Å²) >= 11 is 0. The molecule has 0 spiro atoms. The van der Waals surface area contributed by atoms with Crippen LogP contribution >= 0.6 is 0 Å². The molecule has 0 saturated heterocycles. The van der Waals surface area contributed by atoms with Crippen molar-refractivity contribution in [3.05, 3.63) is 53.6 Å². The lowest BCUT2D eigenvalue weighted by Crippen LogP contribution is -1.89. The normalized spacial score (nSPS) is 9.47. The minimum atomic E-state index is -0.397. The Labute approximate surface area is 102 Å². The zero-order chi connectivity index (χ0) is 12.8. The Morgan fingerprint density at radius 2 is 1.71 bits per heavy atom. The van der Waals surface area contributed by atoms with Crippen LogP contribution in [-0.4, -0.2) is 4.98 Å². The number of aryl methyl sites for hydroxylation is 2. The Kier molecular flexibility index (Phi) is 4.83. The third-order valence-corrected chi connectivity index (χ3v) is 2.37. The first-order valence-electron chi connectivity index (χ1n) is 5.86. The molecule has 0 N–H and O–H groups in total. The smallest absolute Gasteiger partial charge is 0.215 e. The lowest BCUT2D eigenvalue weighted by molar-refractivity contribution is 0.575. The van der Waals surface area contributed by atoms with Crippen LogP contribution in [-0.2, 0) is 0 Å². The SMILES string of the molecule is CC.Cc1cccc(-c2cnc(F)c(C)c2)c1. The summed E-state index contributed by atoms with van der Waals surface area (Å²) in [6, 6.07) is 9.91. The van der Waals surface area contributed by atoms with Crippen LogP contribution in [0.3, 0.4) is 0 Å². The predicted molar refractivity (Wildman–Crippen MR) is 70.5 cm³/mol. The third-order valence-electron chi connectivity index (χ3n) is 2.37. The van der Waals surface area contributed by atoms with Gasteiger partial charge in [-0.15, -0.1) is 0 Å². The largest absolute Gasteiger partial charge is 0.227 e. The van der Waals surface area contributed by atoms with Gasteiger partial charge < -0.3 is 0 Å². The minimum absolute atomic E-state index is 0.397. The maximum absolute atomic E-state index is 13.0. The van der Waals surface area contributed by atoms with Gasteiger partial charge in [0.2, 0.25) is 5.95 Å². The van der Waals surface area contributed by atoms with E-state index in [1.165, 1.54) is 5.56 Å². The molecule has 0 amide bonds. The third kappa shape index (κ3) is 3.38. The Balaban J connectivity index is 0.000000686. The average Bonchev–Trinajstić information content (AvgIpc) is 2.35. The molecule has 2 rings (SSSR count). The zero-order valence-electron chi connectivity index (χ0n) is 10.8. The number of hydrogen-bond acceptors (Lipinski definition) is 1. The highest BCUT2D eigenvalue weighted by Gasteiger charge is 2.02. The summed E-state index contributed by atoms with van der Waals surface area (Å²) in [4.78, 5) is 3.72. The van der Waals surface area contributed by atoms with Crippen LogP contribution in [0.1, 0.15) is 25.0 Å². The summed E-state index contributed by atoms with van der Waals surface area (Å²) in [5, 5.41) is 0. The molecule has 1 nitrogen and oxygen atoms in total. The summed E-state index contributed by atoms with van der Waals surface area (Å²) in [5.74, 6) is -0.397. The second-order valence-corrected chi connectivity index (χ2v) is 3.70. The van der Waals surface area contributed by atoms with Crippen molar-refractivity contribution < 1.29 is 4.39 Å². The average molecular weight is 231 g/mol. The van der Waals surface area contributed by atoms with Crippen LogP contribution in [0.5, 0.6) is 0 Å². The summed E-state index contributed by atoms with van der Waals surface area (Å²) in [7, 11) is 0. The van der Waals surface area contributed by atoms with E-state index in [0.717, 1.165) is 11.1 Å². The van der Waals surface area contributed by atoms with Crippen LogP contribution in [0, 0.1) is 19.8 Å². The van der Waals surface area contributed by atoms with Crippen molar-refractivity contribution in [1.82, 2.24) is 4.98 Å². The molecule has 1 aromatic heterocycles. The lowest BCUT2D eigenvalue weighted by Gasteiger charge is -2.03. The standard InChI is InChI=1S/C13H12FN.C2H6/c1-9-4-3-5-11(6-9)12-7-10(2)13(14)15-8-12;1-2/h3-8H,1-2H3;1-2H3. The van der Waals surface area contributed by atoms with E-state index in [0.29, 0.717) is 5.56 Å². The van der Waals surface area contributed by atoms with Gasteiger partial charge in [-0.3, -0.25) is 0 Å². The lowest BCUT2D eigenvalue weighted by atomic mass is 10.0. The molecule has 0 saturated carbocycles. The fourth-order valence-corrected chi connectivity index (χ4v) is 1.54. The summed E-state index contributed by atoms with van der Waals surface area (Å²) < 4.78 is 13.0. The first kappa shape index (κ1) is 13.4. The van der Waals surface area contributed by atoms with Gasteiger partial charge in [-0.25, -0.2) is 4.98 Å². The van der Waals surface area contributed by atoms with Crippen LogP contribution in [0.4, 0.5) is 4.39 Å². The molecular weight excluding hydrogens is 213 g/mol. The number of hydrogen-bond donors (Lipinski definition) is 0. The molecule has 0 aliphatic heterocycles. The summed E-state index contributed by atoms with van der Waals surface area (Å²) in [6.45, 7) is 7.76. The van der Waals surface area contributed by atoms with E-state index < -0.39 is 5.95 Å². The summed E-state index contributed by atoms with van der Waals surface area (Å²) in [6.07, 6.45) is 1.57. The van der Waals surface area contributed by atoms with Crippen molar-refractivity contribution in [2.75, 3.05) is 0 Å². The highest BCUT2D eigenvalue weighted by Crippen LogP contribution is 2.21. The second-order valence-electron chi connectivity index (χ2n) is 3.70. The number of pyridine rings is 1. The molecule has 1 heterocycles. The van der Waals surface area contributed by atoms with Gasteiger partial charge in [-0.05, 0) is 25.5 Å². The Hall–Kier alpha value is -1.70. The van der Waals surface area contributed by atoms with Gasteiger partial charge >= 0.3 is 0 Å². The van der Waals surface area contributed by atoms with Crippen molar-refractivity contribution >= 4 is 0 Å². The van der Waals surface area contributed by atoms with Crippen molar-refractivity contribution in [1.29, 1.82) is 0 Å². The molecule has 0 bridgehead atoms. The highest BCUT2D eigenvalue weighted by atomic mass is 19.1. The van der Waals surface area contributed by atoms with Gasteiger partial charge in [0.25, 0.3) is 0 Å². The van der Waals surface area contributed by atoms with Gasteiger partial charge in [0.05, 0.1) is 0 Å². The van der Waals surface area contributed by atoms with Crippen LogP contribution in [0.25, 0.3) is 11.1 Å². The van der Waals surface area contributed by atoms with Crippen molar-refractivity contribution in [2.45, 2.75) is 27.7 Å². The Bertz CT molecular complexity index is 492. The molecule has 0 atom stereocenters. The van der Waals surface area contributed by atoms with E-state index in [4.69, 9.17) is 0 Å². The number of nitrogens with zero attached hydrogens (tertiary/aromatic N) is 1. The molecule has 0 radical (unpaired) electrons. The van der Waals surface area contributed by atoms with E-state index in [1.807, 2.05) is 45.0 Å². The molecular formula is C15H18FN. The maximum atomic E-state index is 13.0. The van der Waals surface area contributed by atoms with E-state index in [9.17, 15) is 4.39 Å². The molecule has 0 aliphatic carbocycles. The Morgan fingerprint density at radius 3 is 2.29 bits per heavy atom. The fraction of sp³-hybridized carbons (Fsp3) is 0.267. The summed E-state index contributed by atoms with van der Waals surface area (Å²) in [5.41, 5.74) is 3.80. The Morgan fingerprint density at radius 1 is 1.00 bits per heavy atom. The molecule has 1 aromatic carbocycles. The fourth-order valence-electron chi connectivity index (χ4n) is 1.54. The monoisotopic (exact) mass is 231 g/mol. The molecule has 2 aromatic rings. The molecule has 0 aliphatic rings. The predicted octanol–water partition coefficient (Wildman–Crippen LogP) is 4.53. The zero-order valence-corrected chi connectivity index (χ0v) is 10.8. The molecule has 90 valence electrons. The first-order chi connectivity index (χ1) is 8.16. The van der Waals surface area contributed by atoms with Gasteiger partial charge in [-0.1, -0.05) is 43.7 Å². The topological polar surface area (TPSA) is 12.9 Å². The molecule has 0 unspecified atom stereocenters. The van der Waals surface area contributed by atoms with Crippen molar-refractivity contribution in [3.63, 3.8) is 0 Å². The number of aromatic nitrogens is 1. The molecule has 0 fully saturated rings. The van der Waals surface area contributed by atoms with E-state index in [1.54, 1.807) is 13.1 Å². The second kappa shape index (κ2) is 6.14. The highest BCUT2D eigenvalue weighted by molar-refractivity contribution is 5.63. The minimum Gasteiger partial charge on any atom is -0.227 e. The van der Waals surface area contributed by atoms with Gasteiger partial charge in [0.15, 0.2) is 0 Å². The number of halogens is 1. The van der Waals surface area contributed by atoms with E-state index in [2.05, 4.69) is 11.1 Å². The first-order valence-corrected chi connectivity index (χ1v) is 5.86. The number of benzene rings is 1. The van der Waals surface area contributed by atoms with Crippen LogP contribution in [0.2, 0.25) is 0 Å². The van der Waals surface area contributed by atoms with Crippen molar-refractivity contribution in [3.8, 4) is 11.1 Å². The van der Waals surface area contributed by atoms with Gasteiger partial charge in [-0.2, -0.15) is 4.39 Å². The molecule has 2 heteroatoms. The van der Waals surface area contributed by atoms with Crippen molar-refractivity contribution in [2.24, 2.45) is 0 Å². The van der Waals surface area contributed by atoms with E-state index in [-0.39, 0.29) is 0 Å².